The molecule has 0 saturated heterocycles. The average molecular weight is 384 g/mol. The van der Waals surface area contributed by atoms with Gasteiger partial charge in [-0.2, -0.15) is 0 Å². The van der Waals surface area contributed by atoms with E-state index in [1.165, 1.54) is 0 Å². The van der Waals surface area contributed by atoms with Gasteiger partial charge in [-0.05, 0) is 42.5 Å². The first-order chi connectivity index (χ1) is 10.6. The van der Waals surface area contributed by atoms with Crippen LogP contribution in [0.15, 0.2) is 46.9 Å². The molecule has 0 atom stereocenters. The maximum atomic E-state index is 11.9. The molecule has 2 N–H and O–H groups in total. The van der Waals surface area contributed by atoms with Crippen molar-refractivity contribution in [2.45, 2.75) is 6.42 Å². The summed E-state index contributed by atoms with van der Waals surface area (Å²) in [5.74, 6) is 0.633. The fourth-order valence-corrected chi connectivity index (χ4v) is 2.32. The van der Waals surface area contributed by atoms with Crippen molar-refractivity contribution in [3.63, 3.8) is 0 Å². The fourth-order valence-electron chi connectivity index (χ4n) is 1.89. The molecule has 0 heterocycles. The van der Waals surface area contributed by atoms with Crippen LogP contribution in [0, 0.1) is 0 Å². The van der Waals surface area contributed by atoms with E-state index in [1.807, 2.05) is 24.3 Å². The Hall–Kier alpha value is -1.72. The van der Waals surface area contributed by atoms with Crippen LogP contribution in [-0.2, 0) is 4.79 Å². The van der Waals surface area contributed by atoms with Crippen molar-refractivity contribution < 1.29 is 9.53 Å². The summed E-state index contributed by atoms with van der Waals surface area (Å²) in [7, 11) is 1.59. The van der Waals surface area contributed by atoms with Crippen molar-refractivity contribution in [1.29, 1.82) is 0 Å². The molecule has 0 unspecified atom stereocenters. The maximum absolute atomic E-state index is 11.9. The number of hydrogen-bond acceptors (Lipinski definition) is 3. The third-order valence-electron chi connectivity index (χ3n) is 2.96. The molecule has 0 aromatic heterocycles. The lowest BCUT2D eigenvalue weighted by Gasteiger charge is -2.11. The number of carbonyl (C=O) groups excluding carboxylic acids is 1. The molecular weight excluding hydrogens is 368 g/mol. The van der Waals surface area contributed by atoms with Gasteiger partial charge in [0.05, 0.1) is 12.8 Å². The lowest BCUT2D eigenvalue weighted by atomic mass is 10.2. The standard InChI is InChI=1S/C16H16BrClN2O2/c1-22-15-7-4-12(18)10-14(15)19-9-8-16(21)20-13-5-2-11(17)3-6-13/h2-7,10,19H,8-9H2,1H3,(H,20,21). The Morgan fingerprint density at radius 3 is 2.64 bits per heavy atom. The minimum atomic E-state index is -0.0594. The van der Waals surface area contributed by atoms with Crippen molar-refractivity contribution in [3.8, 4) is 5.75 Å². The Kier molecular flexibility index (Phi) is 6.10. The van der Waals surface area contributed by atoms with Crippen molar-refractivity contribution in [1.82, 2.24) is 0 Å². The zero-order chi connectivity index (χ0) is 15.9. The Bertz CT molecular complexity index is 647. The first-order valence-electron chi connectivity index (χ1n) is 6.71. The van der Waals surface area contributed by atoms with E-state index in [4.69, 9.17) is 16.3 Å². The van der Waals surface area contributed by atoms with Gasteiger partial charge in [0.1, 0.15) is 5.75 Å². The third kappa shape index (κ3) is 4.93. The van der Waals surface area contributed by atoms with E-state index in [-0.39, 0.29) is 5.91 Å². The quantitative estimate of drug-likeness (QED) is 0.769. The van der Waals surface area contributed by atoms with Crippen LogP contribution in [0.25, 0.3) is 0 Å². The summed E-state index contributed by atoms with van der Waals surface area (Å²) < 4.78 is 6.21. The van der Waals surface area contributed by atoms with Crippen molar-refractivity contribution in [2.24, 2.45) is 0 Å². The molecule has 2 aromatic carbocycles. The molecule has 2 rings (SSSR count). The van der Waals surface area contributed by atoms with Gasteiger partial charge in [-0.25, -0.2) is 0 Å². The SMILES string of the molecule is COc1ccc(Cl)cc1NCCC(=O)Nc1ccc(Br)cc1. The van der Waals surface area contributed by atoms with Gasteiger partial charge in [0.2, 0.25) is 5.91 Å². The van der Waals surface area contributed by atoms with Crippen LogP contribution in [0.5, 0.6) is 5.75 Å². The summed E-state index contributed by atoms with van der Waals surface area (Å²) >= 11 is 9.31. The van der Waals surface area contributed by atoms with E-state index < -0.39 is 0 Å². The molecule has 0 aliphatic heterocycles. The third-order valence-corrected chi connectivity index (χ3v) is 3.72. The highest BCUT2D eigenvalue weighted by atomic mass is 79.9. The number of methoxy groups -OCH3 is 1. The van der Waals surface area contributed by atoms with E-state index in [1.54, 1.807) is 25.3 Å². The molecule has 22 heavy (non-hydrogen) atoms. The van der Waals surface area contributed by atoms with E-state index in [2.05, 4.69) is 26.6 Å². The largest absolute Gasteiger partial charge is 0.495 e. The first-order valence-corrected chi connectivity index (χ1v) is 7.88. The Morgan fingerprint density at radius 1 is 1.23 bits per heavy atom. The average Bonchev–Trinajstić information content (AvgIpc) is 2.50. The summed E-state index contributed by atoms with van der Waals surface area (Å²) in [4.78, 5) is 11.9. The molecule has 0 fully saturated rings. The van der Waals surface area contributed by atoms with Crippen LogP contribution in [0.4, 0.5) is 11.4 Å². The van der Waals surface area contributed by atoms with Gasteiger partial charge in [-0.15, -0.1) is 0 Å². The number of carbonyl (C=O) groups is 1. The number of ether oxygens (including phenoxy) is 1. The number of benzene rings is 2. The van der Waals surface area contributed by atoms with E-state index in [0.717, 1.165) is 15.8 Å². The molecule has 2 aromatic rings. The van der Waals surface area contributed by atoms with E-state index >= 15 is 0 Å². The summed E-state index contributed by atoms with van der Waals surface area (Å²) in [6.45, 7) is 0.485. The zero-order valence-electron chi connectivity index (χ0n) is 12.0. The molecule has 0 spiro atoms. The molecule has 0 aliphatic rings. The highest BCUT2D eigenvalue weighted by Crippen LogP contribution is 2.27. The molecule has 0 saturated carbocycles. The normalized spacial score (nSPS) is 10.1. The molecule has 0 aliphatic carbocycles. The van der Waals surface area contributed by atoms with Crippen LogP contribution in [0.3, 0.4) is 0 Å². The summed E-state index contributed by atoms with van der Waals surface area (Å²) in [5.41, 5.74) is 1.54. The van der Waals surface area contributed by atoms with Crippen LogP contribution in [-0.4, -0.2) is 19.6 Å². The Morgan fingerprint density at radius 2 is 1.95 bits per heavy atom. The highest BCUT2D eigenvalue weighted by molar-refractivity contribution is 9.10. The van der Waals surface area contributed by atoms with Gasteiger partial charge >= 0.3 is 0 Å². The van der Waals surface area contributed by atoms with Gasteiger partial charge in [0.15, 0.2) is 0 Å². The number of anilines is 2. The zero-order valence-corrected chi connectivity index (χ0v) is 14.4. The second kappa shape index (κ2) is 8.06. The van der Waals surface area contributed by atoms with Gasteiger partial charge in [0, 0.05) is 28.1 Å². The van der Waals surface area contributed by atoms with Gasteiger partial charge in [0.25, 0.3) is 0 Å². The number of nitrogens with one attached hydrogen (secondary N) is 2. The van der Waals surface area contributed by atoms with Gasteiger partial charge in [-0.3, -0.25) is 4.79 Å². The summed E-state index contributed by atoms with van der Waals surface area (Å²) in [5, 5.41) is 6.60. The maximum Gasteiger partial charge on any atom is 0.226 e. The molecular formula is C16H16BrClN2O2. The number of rotatable bonds is 6. The molecule has 116 valence electrons. The van der Waals surface area contributed by atoms with Gasteiger partial charge in [-0.1, -0.05) is 27.5 Å². The summed E-state index contributed by atoms with van der Waals surface area (Å²) in [6, 6.07) is 12.8. The molecule has 6 heteroatoms. The number of hydrogen-bond donors (Lipinski definition) is 2. The minimum absolute atomic E-state index is 0.0594. The molecule has 0 bridgehead atoms. The van der Waals surface area contributed by atoms with E-state index in [0.29, 0.717) is 23.7 Å². The van der Waals surface area contributed by atoms with Crippen molar-refractivity contribution >= 4 is 44.8 Å². The van der Waals surface area contributed by atoms with Gasteiger partial charge < -0.3 is 15.4 Å². The lowest BCUT2D eigenvalue weighted by molar-refractivity contribution is -0.115. The Labute approximate surface area is 142 Å². The van der Waals surface area contributed by atoms with E-state index in [9.17, 15) is 4.79 Å². The van der Waals surface area contributed by atoms with Crippen molar-refractivity contribution in [3.05, 3.63) is 52.0 Å². The summed E-state index contributed by atoms with van der Waals surface area (Å²) in [6.07, 6.45) is 0.339. The predicted octanol–water partition coefficient (Wildman–Crippen LogP) is 4.55. The highest BCUT2D eigenvalue weighted by Gasteiger charge is 2.06. The first kappa shape index (κ1) is 16.6. The Balaban J connectivity index is 1.84. The van der Waals surface area contributed by atoms with Crippen LogP contribution >= 0.6 is 27.5 Å². The molecule has 1 amide bonds. The number of halogens is 2. The second-order valence-corrected chi connectivity index (χ2v) is 5.93. The van der Waals surface area contributed by atoms with Crippen LogP contribution in [0.1, 0.15) is 6.42 Å². The van der Waals surface area contributed by atoms with Crippen LogP contribution in [0.2, 0.25) is 5.02 Å². The number of amides is 1. The predicted molar refractivity (Wildman–Crippen MR) is 93.9 cm³/mol. The monoisotopic (exact) mass is 382 g/mol. The molecule has 0 radical (unpaired) electrons. The lowest BCUT2D eigenvalue weighted by Crippen LogP contribution is -2.16. The van der Waals surface area contributed by atoms with Crippen molar-refractivity contribution in [2.75, 3.05) is 24.3 Å². The topological polar surface area (TPSA) is 50.4 Å². The fraction of sp³-hybridized carbons (Fsp3) is 0.188. The molecule has 4 nitrogen and oxygen atoms in total. The van der Waals surface area contributed by atoms with Crippen LogP contribution < -0.4 is 15.4 Å². The smallest absolute Gasteiger partial charge is 0.226 e. The minimum Gasteiger partial charge on any atom is -0.495 e. The second-order valence-electron chi connectivity index (χ2n) is 4.58.